The fourth-order valence-electron chi connectivity index (χ4n) is 2.51. The quantitative estimate of drug-likeness (QED) is 0.751. The van der Waals surface area contributed by atoms with Crippen molar-refractivity contribution < 1.29 is 18.7 Å². The highest BCUT2D eigenvalue weighted by Gasteiger charge is 2.17. The van der Waals surface area contributed by atoms with E-state index < -0.39 is 0 Å². The number of carbonyl (C=O) groups excluding carboxylic acids is 1. The van der Waals surface area contributed by atoms with Gasteiger partial charge >= 0.3 is 0 Å². The van der Waals surface area contributed by atoms with Crippen LogP contribution in [-0.4, -0.2) is 51.3 Å². The van der Waals surface area contributed by atoms with Gasteiger partial charge in [0.25, 0.3) is 0 Å². The molecule has 0 saturated carbocycles. The van der Waals surface area contributed by atoms with E-state index in [0.717, 1.165) is 16.5 Å². The van der Waals surface area contributed by atoms with Crippen molar-refractivity contribution in [3.63, 3.8) is 0 Å². The van der Waals surface area contributed by atoms with Gasteiger partial charge in [0.15, 0.2) is 0 Å². The van der Waals surface area contributed by atoms with E-state index in [9.17, 15) is 4.79 Å². The van der Waals surface area contributed by atoms with Gasteiger partial charge in [0.2, 0.25) is 5.91 Å². The first-order valence-electron chi connectivity index (χ1n) is 7.79. The second kappa shape index (κ2) is 8.13. The van der Waals surface area contributed by atoms with Gasteiger partial charge in [-0.25, -0.2) is 0 Å². The SMILES string of the molecule is COCCN(CCOC)C(=O)Cc1coc2cc(C)c(C)cc12. The minimum atomic E-state index is 0.0556. The molecule has 2 aromatic rings. The van der Waals surface area contributed by atoms with Gasteiger partial charge in [0.1, 0.15) is 5.58 Å². The zero-order chi connectivity index (χ0) is 16.8. The summed E-state index contributed by atoms with van der Waals surface area (Å²) in [5.74, 6) is 0.0556. The first kappa shape index (κ1) is 17.5. The lowest BCUT2D eigenvalue weighted by Crippen LogP contribution is -2.37. The van der Waals surface area contributed by atoms with E-state index in [4.69, 9.17) is 13.9 Å². The number of fused-ring (bicyclic) bond motifs is 1. The number of furan rings is 1. The van der Waals surface area contributed by atoms with Crippen LogP contribution in [0.25, 0.3) is 11.0 Å². The highest BCUT2D eigenvalue weighted by atomic mass is 16.5. The van der Waals surface area contributed by atoms with Gasteiger partial charge in [-0.2, -0.15) is 0 Å². The highest BCUT2D eigenvalue weighted by Crippen LogP contribution is 2.25. The fraction of sp³-hybridized carbons (Fsp3) is 0.500. The second-order valence-corrected chi connectivity index (χ2v) is 5.74. The summed E-state index contributed by atoms with van der Waals surface area (Å²) in [6.45, 7) is 6.27. The summed E-state index contributed by atoms with van der Waals surface area (Å²) in [4.78, 5) is 14.4. The molecule has 0 aliphatic heterocycles. The average molecular weight is 319 g/mol. The summed E-state index contributed by atoms with van der Waals surface area (Å²) in [7, 11) is 3.27. The number of amides is 1. The minimum absolute atomic E-state index is 0.0556. The van der Waals surface area contributed by atoms with Gasteiger partial charge < -0.3 is 18.8 Å². The summed E-state index contributed by atoms with van der Waals surface area (Å²) >= 11 is 0. The van der Waals surface area contributed by atoms with E-state index in [-0.39, 0.29) is 5.91 Å². The molecule has 0 saturated heterocycles. The van der Waals surface area contributed by atoms with Crippen LogP contribution in [0.3, 0.4) is 0 Å². The van der Waals surface area contributed by atoms with Gasteiger partial charge in [-0.1, -0.05) is 0 Å². The van der Waals surface area contributed by atoms with Crippen molar-refractivity contribution in [2.75, 3.05) is 40.5 Å². The Labute approximate surface area is 137 Å². The summed E-state index contributed by atoms with van der Waals surface area (Å²) in [6, 6.07) is 4.11. The van der Waals surface area contributed by atoms with Gasteiger partial charge in [0, 0.05) is 38.3 Å². The average Bonchev–Trinajstić information content (AvgIpc) is 2.90. The number of benzene rings is 1. The molecule has 0 fully saturated rings. The molecule has 0 spiro atoms. The number of aryl methyl sites for hydroxylation is 2. The Kier molecular flexibility index (Phi) is 6.19. The molecule has 1 amide bonds. The number of rotatable bonds is 8. The van der Waals surface area contributed by atoms with E-state index in [2.05, 4.69) is 19.9 Å². The summed E-state index contributed by atoms with van der Waals surface area (Å²) in [5, 5.41) is 1.01. The Balaban J connectivity index is 2.15. The van der Waals surface area contributed by atoms with Crippen LogP contribution in [0.15, 0.2) is 22.8 Å². The maximum Gasteiger partial charge on any atom is 0.227 e. The lowest BCUT2D eigenvalue weighted by Gasteiger charge is -2.21. The van der Waals surface area contributed by atoms with E-state index in [1.165, 1.54) is 11.1 Å². The molecule has 1 aromatic heterocycles. The Morgan fingerprint density at radius 3 is 2.30 bits per heavy atom. The number of ether oxygens (including phenoxy) is 2. The molecule has 5 heteroatoms. The monoisotopic (exact) mass is 319 g/mol. The van der Waals surface area contributed by atoms with Crippen LogP contribution >= 0.6 is 0 Å². The lowest BCUT2D eigenvalue weighted by atomic mass is 10.0. The molecule has 0 atom stereocenters. The molecular weight excluding hydrogens is 294 g/mol. The van der Waals surface area contributed by atoms with Crippen LogP contribution in [-0.2, 0) is 20.7 Å². The molecule has 0 aliphatic carbocycles. The van der Waals surface area contributed by atoms with Crippen molar-refractivity contribution >= 4 is 16.9 Å². The van der Waals surface area contributed by atoms with Crippen LogP contribution in [0, 0.1) is 13.8 Å². The van der Waals surface area contributed by atoms with E-state index in [0.29, 0.717) is 32.7 Å². The van der Waals surface area contributed by atoms with E-state index >= 15 is 0 Å². The molecule has 126 valence electrons. The predicted molar refractivity (Wildman–Crippen MR) is 89.7 cm³/mol. The zero-order valence-corrected chi connectivity index (χ0v) is 14.3. The number of hydrogen-bond acceptors (Lipinski definition) is 4. The molecule has 1 aromatic carbocycles. The standard InChI is InChI=1S/C18H25NO4/c1-13-9-16-15(12-23-17(16)10-14(13)2)11-18(20)19(5-7-21-3)6-8-22-4/h9-10,12H,5-8,11H2,1-4H3. The highest BCUT2D eigenvalue weighted by molar-refractivity contribution is 5.88. The molecule has 0 unspecified atom stereocenters. The predicted octanol–water partition coefficient (Wildman–Crippen LogP) is 2.71. The summed E-state index contributed by atoms with van der Waals surface area (Å²) < 4.78 is 15.8. The molecule has 23 heavy (non-hydrogen) atoms. The normalized spacial score (nSPS) is 11.1. The first-order valence-corrected chi connectivity index (χ1v) is 7.79. The van der Waals surface area contributed by atoms with Gasteiger partial charge in [0.05, 0.1) is 25.9 Å². The van der Waals surface area contributed by atoms with Crippen LogP contribution in [0.2, 0.25) is 0 Å². The molecule has 0 radical (unpaired) electrons. The Morgan fingerprint density at radius 2 is 1.70 bits per heavy atom. The van der Waals surface area contributed by atoms with Crippen molar-refractivity contribution in [3.8, 4) is 0 Å². The first-order chi connectivity index (χ1) is 11.1. The van der Waals surface area contributed by atoms with Crippen LogP contribution in [0.4, 0.5) is 0 Å². The van der Waals surface area contributed by atoms with Crippen molar-refractivity contribution in [1.82, 2.24) is 4.90 Å². The summed E-state index contributed by atoms with van der Waals surface area (Å²) in [5.41, 5.74) is 4.14. The van der Waals surface area contributed by atoms with Crippen molar-refractivity contribution in [2.45, 2.75) is 20.3 Å². The third-order valence-corrected chi connectivity index (χ3v) is 4.10. The second-order valence-electron chi connectivity index (χ2n) is 5.74. The Bertz CT molecular complexity index is 654. The maximum absolute atomic E-state index is 12.6. The zero-order valence-electron chi connectivity index (χ0n) is 14.3. The third kappa shape index (κ3) is 4.33. The Morgan fingerprint density at radius 1 is 1.09 bits per heavy atom. The van der Waals surface area contributed by atoms with Crippen LogP contribution in [0.5, 0.6) is 0 Å². The smallest absolute Gasteiger partial charge is 0.227 e. The van der Waals surface area contributed by atoms with Gasteiger partial charge in [-0.05, 0) is 37.1 Å². The summed E-state index contributed by atoms with van der Waals surface area (Å²) in [6.07, 6.45) is 2.01. The van der Waals surface area contributed by atoms with E-state index in [1.54, 1.807) is 25.4 Å². The van der Waals surface area contributed by atoms with Crippen molar-refractivity contribution in [2.24, 2.45) is 0 Å². The Hall–Kier alpha value is -1.85. The molecular formula is C18H25NO4. The number of methoxy groups -OCH3 is 2. The third-order valence-electron chi connectivity index (χ3n) is 4.10. The van der Waals surface area contributed by atoms with Gasteiger partial charge in [-0.15, -0.1) is 0 Å². The molecule has 5 nitrogen and oxygen atoms in total. The van der Waals surface area contributed by atoms with Crippen LogP contribution < -0.4 is 0 Å². The minimum Gasteiger partial charge on any atom is -0.464 e. The van der Waals surface area contributed by atoms with Crippen LogP contribution in [0.1, 0.15) is 16.7 Å². The molecule has 0 aliphatic rings. The molecule has 0 bridgehead atoms. The lowest BCUT2D eigenvalue weighted by molar-refractivity contribution is -0.131. The molecule has 1 heterocycles. The number of hydrogen-bond donors (Lipinski definition) is 0. The number of nitrogens with zero attached hydrogens (tertiary/aromatic N) is 1. The maximum atomic E-state index is 12.6. The largest absolute Gasteiger partial charge is 0.464 e. The van der Waals surface area contributed by atoms with Crippen molar-refractivity contribution in [3.05, 3.63) is 35.1 Å². The molecule has 0 N–H and O–H groups in total. The fourth-order valence-corrected chi connectivity index (χ4v) is 2.51. The molecule has 2 rings (SSSR count). The topological polar surface area (TPSA) is 51.9 Å². The van der Waals surface area contributed by atoms with Gasteiger partial charge in [-0.3, -0.25) is 4.79 Å². The number of carbonyl (C=O) groups is 1. The van der Waals surface area contributed by atoms with Crippen molar-refractivity contribution in [1.29, 1.82) is 0 Å². The van der Waals surface area contributed by atoms with E-state index in [1.807, 2.05) is 6.07 Å².